The molecule has 114 valence electrons. The van der Waals surface area contributed by atoms with E-state index in [1.54, 1.807) is 0 Å². The van der Waals surface area contributed by atoms with Gasteiger partial charge in [-0.3, -0.25) is 0 Å². The molecule has 2 rings (SSSR count). The third-order valence-corrected chi connectivity index (χ3v) is 3.57. The van der Waals surface area contributed by atoms with Gasteiger partial charge in [-0.05, 0) is 38.0 Å². The van der Waals surface area contributed by atoms with E-state index in [9.17, 15) is 13.2 Å². The summed E-state index contributed by atoms with van der Waals surface area (Å²) in [5, 5.41) is 9.13. The maximum absolute atomic E-state index is 12.7. The summed E-state index contributed by atoms with van der Waals surface area (Å²) in [6.45, 7) is 3.85. The van der Waals surface area contributed by atoms with Crippen molar-refractivity contribution in [1.82, 2.24) is 0 Å². The molecule has 0 radical (unpaired) electrons. The van der Waals surface area contributed by atoms with Crippen molar-refractivity contribution >= 4 is 5.69 Å². The summed E-state index contributed by atoms with van der Waals surface area (Å²) in [7, 11) is 0. The van der Waals surface area contributed by atoms with Crippen LogP contribution in [-0.2, 0) is 10.9 Å². The Balaban J connectivity index is 2.25. The third-order valence-electron chi connectivity index (χ3n) is 3.57. The number of hydrogen-bond donors (Lipinski definition) is 0. The van der Waals surface area contributed by atoms with Crippen LogP contribution in [0.1, 0.15) is 30.9 Å². The highest BCUT2D eigenvalue weighted by atomic mass is 19.4. The van der Waals surface area contributed by atoms with Gasteiger partial charge in [-0.2, -0.15) is 18.4 Å². The van der Waals surface area contributed by atoms with Gasteiger partial charge in [0, 0.05) is 19.7 Å². The quantitative estimate of drug-likeness (QED) is 0.855. The second kappa shape index (κ2) is 6.35. The highest BCUT2D eigenvalue weighted by molar-refractivity contribution is 5.61. The van der Waals surface area contributed by atoms with Gasteiger partial charge in [-0.1, -0.05) is 0 Å². The second-order valence-corrected chi connectivity index (χ2v) is 5.01. The van der Waals surface area contributed by atoms with E-state index in [1.165, 1.54) is 6.07 Å². The summed E-state index contributed by atoms with van der Waals surface area (Å²) >= 11 is 0. The number of rotatable bonds is 3. The molecule has 6 heteroatoms. The predicted molar refractivity (Wildman–Crippen MR) is 73.0 cm³/mol. The van der Waals surface area contributed by atoms with Crippen LogP contribution in [0, 0.1) is 11.3 Å². The Bertz CT molecular complexity index is 535. The summed E-state index contributed by atoms with van der Waals surface area (Å²) in [4.78, 5) is 1.93. The zero-order valence-corrected chi connectivity index (χ0v) is 11.8. The fourth-order valence-corrected chi connectivity index (χ4v) is 2.61. The molecule has 1 aliphatic heterocycles. The molecule has 1 atom stereocenters. The first-order chi connectivity index (χ1) is 9.95. The molecule has 0 amide bonds. The Morgan fingerprint density at radius 3 is 2.81 bits per heavy atom. The molecule has 1 aliphatic rings. The van der Waals surface area contributed by atoms with Crippen molar-refractivity contribution in [3.8, 4) is 6.07 Å². The van der Waals surface area contributed by atoms with E-state index >= 15 is 0 Å². The lowest BCUT2D eigenvalue weighted by Crippen LogP contribution is -2.40. The van der Waals surface area contributed by atoms with Gasteiger partial charge >= 0.3 is 6.18 Å². The number of nitrogens with zero attached hydrogens (tertiary/aromatic N) is 2. The lowest BCUT2D eigenvalue weighted by molar-refractivity contribution is -0.137. The van der Waals surface area contributed by atoms with Gasteiger partial charge in [-0.15, -0.1) is 0 Å². The first kappa shape index (κ1) is 15.6. The maximum atomic E-state index is 12.7. The van der Waals surface area contributed by atoms with Crippen LogP contribution in [0.15, 0.2) is 18.2 Å². The van der Waals surface area contributed by atoms with Gasteiger partial charge in [0.05, 0.1) is 22.9 Å². The lowest BCUT2D eigenvalue weighted by Gasteiger charge is -2.34. The van der Waals surface area contributed by atoms with Gasteiger partial charge in [0.25, 0.3) is 0 Å². The topological polar surface area (TPSA) is 36.3 Å². The standard InChI is InChI=1S/C15H17F3N2O/c1-2-21-13-4-3-7-20(10-13)14-6-5-12(15(16,17)18)8-11(14)9-19/h5-6,8,13H,2-4,7,10H2,1H3. The summed E-state index contributed by atoms with van der Waals surface area (Å²) in [5.41, 5.74) is -0.182. The fraction of sp³-hybridized carbons (Fsp3) is 0.533. The largest absolute Gasteiger partial charge is 0.416 e. The Kier molecular flexibility index (Phi) is 4.73. The number of nitriles is 1. The van der Waals surface area contributed by atoms with E-state index in [2.05, 4.69) is 0 Å². The van der Waals surface area contributed by atoms with Crippen LogP contribution in [0.4, 0.5) is 18.9 Å². The first-order valence-electron chi connectivity index (χ1n) is 6.93. The second-order valence-electron chi connectivity index (χ2n) is 5.01. The number of benzene rings is 1. The molecule has 21 heavy (non-hydrogen) atoms. The van der Waals surface area contributed by atoms with Gasteiger partial charge in [0.1, 0.15) is 6.07 Å². The zero-order valence-electron chi connectivity index (χ0n) is 11.8. The van der Waals surface area contributed by atoms with Crippen molar-refractivity contribution in [2.75, 3.05) is 24.6 Å². The molecule has 0 saturated carbocycles. The van der Waals surface area contributed by atoms with E-state index in [4.69, 9.17) is 10.00 Å². The number of hydrogen-bond acceptors (Lipinski definition) is 3. The number of halogens is 3. The molecular weight excluding hydrogens is 281 g/mol. The molecule has 0 aromatic heterocycles. The van der Waals surface area contributed by atoms with Crippen molar-refractivity contribution < 1.29 is 17.9 Å². The highest BCUT2D eigenvalue weighted by Gasteiger charge is 2.32. The maximum Gasteiger partial charge on any atom is 0.416 e. The van der Waals surface area contributed by atoms with Crippen molar-refractivity contribution in [3.05, 3.63) is 29.3 Å². The van der Waals surface area contributed by atoms with Gasteiger partial charge in [0.2, 0.25) is 0 Å². The molecule has 0 aliphatic carbocycles. The van der Waals surface area contributed by atoms with Crippen LogP contribution in [0.2, 0.25) is 0 Å². The van der Waals surface area contributed by atoms with E-state index < -0.39 is 11.7 Å². The van der Waals surface area contributed by atoms with E-state index in [1.807, 2.05) is 17.9 Å². The molecular formula is C15H17F3N2O. The van der Waals surface area contributed by atoms with Crippen molar-refractivity contribution in [1.29, 1.82) is 5.26 Å². The minimum absolute atomic E-state index is 0.0574. The van der Waals surface area contributed by atoms with Crippen molar-refractivity contribution in [2.24, 2.45) is 0 Å². The summed E-state index contributed by atoms with van der Waals surface area (Å²) < 4.78 is 43.7. The minimum atomic E-state index is -4.43. The number of ether oxygens (including phenoxy) is 1. The average Bonchev–Trinajstić information content (AvgIpc) is 2.46. The lowest BCUT2D eigenvalue weighted by atomic mass is 10.0. The van der Waals surface area contributed by atoms with E-state index in [0.717, 1.165) is 31.5 Å². The molecule has 1 unspecified atom stereocenters. The van der Waals surface area contributed by atoms with Gasteiger partial charge in [-0.25, -0.2) is 0 Å². The number of piperidine rings is 1. The zero-order chi connectivity index (χ0) is 15.5. The summed E-state index contributed by atoms with van der Waals surface area (Å²) in [6, 6.07) is 5.20. The van der Waals surface area contributed by atoms with Crippen LogP contribution < -0.4 is 4.90 Å². The molecule has 1 aromatic carbocycles. The Labute approximate surface area is 121 Å². The highest BCUT2D eigenvalue weighted by Crippen LogP contribution is 2.33. The molecule has 1 heterocycles. The molecule has 0 N–H and O–H groups in total. The van der Waals surface area contributed by atoms with E-state index in [-0.39, 0.29) is 11.7 Å². The normalized spacial score (nSPS) is 19.4. The molecule has 1 saturated heterocycles. The van der Waals surface area contributed by atoms with Crippen LogP contribution in [0.5, 0.6) is 0 Å². The van der Waals surface area contributed by atoms with Crippen molar-refractivity contribution in [2.45, 2.75) is 32.0 Å². The smallest absolute Gasteiger partial charge is 0.377 e. The summed E-state index contributed by atoms with van der Waals surface area (Å²) in [5.74, 6) is 0. The van der Waals surface area contributed by atoms with E-state index in [0.29, 0.717) is 18.8 Å². The Morgan fingerprint density at radius 2 is 2.19 bits per heavy atom. The molecule has 0 spiro atoms. The first-order valence-corrected chi connectivity index (χ1v) is 6.93. The summed E-state index contributed by atoms with van der Waals surface area (Å²) in [6.07, 6.45) is -2.53. The molecule has 1 aromatic rings. The molecule has 3 nitrogen and oxygen atoms in total. The van der Waals surface area contributed by atoms with Crippen LogP contribution in [0.25, 0.3) is 0 Å². The van der Waals surface area contributed by atoms with Crippen molar-refractivity contribution in [3.63, 3.8) is 0 Å². The third kappa shape index (κ3) is 3.67. The molecule has 0 bridgehead atoms. The van der Waals surface area contributed by atoms with Crippen LogP contribution >= 0.6 is 0 Å². The monoisotopic (exact) mass is 298 g/mol. The van der Waals surface area contributed by atoms with Crippen LogP contribution in [-0.4, -0.2) is 25.8 Å². The van der Waals surface area contributed by atoms with Gasteiger partial charge in [0.15, 0.2) is 0 Å². The fourth-order valence-electron chi connectivity index (χ4n) is 2.61. The van der Waals surface area contributed by atoms with Crippen LogP contribution in [0.3, 0.4) is 0 Å². The number of alkyl halides is 3. The minimum Gasteiger partial charge on any atom is -0.377 e. The average molecular weight is 298 g/mol. The SMILES string of the molecule is CCOC1CCCN(c2ccc(C(F)(F)F)cc2C#N)C1. The predicted octanol–water partition coefficient (Wildman–Crippen LogP) is 3.58. The van der Waals surface area contributed by atoms with Gasteiger partial charge < -0.3 is 9.64 Å². The Hall–Kier alpha value is -1.74. The number of anilines is 1. The Morgan fingerprint density at radius 1 is 1.43 bits per heavy atom. The molecule has 1 fully saturated rings.